The molecule has 2 aliphatic rings. The maximum Gasteiger partial charge on any atom is 0.220 e. The number of hydrogen-bond acceptors (Lipinski definition) is 7. The normalized spacial score (nSPS) is 17.2. The number of nitrogens with one attached hydrogen (secondary N) is 2. The van der Waals surface area contributed by atoms with Gasteiger partial charge in [0.2, 0.25) is 17.3 Å². The molecule has 0 radical (unpaired) electrons. The number of aromatic nitrogens is 3. The zero-order valence-electron chi connectivity index (χ0n) is 17.3. The highest BCUT2D eigenvalue weighted by molar-refractivity contribution is 6.26. The topological polar surface area (TPSA) is 106 Å². The number of ketones is 2. The smallest absolute Gasteiger partial charge is 0.220 e. The number of carbonyl (C=O) groups excluding carboxylic acids is 2. The van der Waals surface area contributed by atoms with Crippen LogP contribution in [-0.2, 0) is 6.54 Å². The molecule has 9 heteroatoms. The first-order chi connectivity index (χ1) is 14.6. The maximum atomic E-state index is 12.8. The first-order valence-electron chi connectivity index (χ1n) is 10.6. The molecule has 30 heavy (non-hydrogen) atoms. The first-order valence-corrected chi connectivity index (χ1v) is 10.6. The summed E-state index contributed by atoms with van der Waals surface area (Å²) in [5.41, 5.74) is 0.676. The highest BCUT2D eigenvalue weighted by Crippen LogP contribution is 2.25. The van der Waals surface area contributed by atoms with Crippen LogP contribution in [-0.4, -0.2) is 72.1 Å². The van der Waals surface area contributed by atoms with E-state index in [-0.39, 0.29) is 23.0 Å². The Hall–Kier alpha value is -2.62. The second kappa shape index (κ2) is 9.03. The maximum absolute atomic E-state index is 12.8. The van der Waals surface area contributed by atoms with E-state index in [1.807, 2.05) is 0 Å². The van der Waals surface area contributed by atoms with Crippen LogP contribution >= 0.6 is 0 Å². The molecular weight excluding hydrogens is 384 g/mol. The number of nitrogens with zero attached hydrogens (tertiary/aromatic N) is 4. The van der Waals surface area contributed by atoms with Gasteiger partial charge in [-0.2, -0.15) is 0 Å². The van der Waals surface area contributed by atoms with E-state index in [1.165, 1.54) is 17.5 Å². The van der Waals surface area contributed by atoms with Gasteiger partial charge in [-0.05, 0) is 45.9 Å². The summed E-state index contributed by atoms with van der Waals surface area (Å²) in [5.74, 6) is -0.695. The second-order valence-corrected chi connectivity index (χ2v) is 8.01. The molecule has 1 aromatic carbocycles. The second-order valence-electron chi connectivity index (χ2n) is 8.01. The monoisotopic (exact) mass is 412 g/mol. The van der Waals surface area contributed by atoms with Crippen molar-refractivity contribution < 1.29 is 14.5 Å². The van der Waals surface area contributed by atoms with Gasteiger partial charge in [0.25, 0.3) is 0 Å². The van der Waals surface area contributed by atoms with Crippen molar-refractivity contribution >= 4 is 11.6 Å². The third-order valence-corrected chi connectivity index (χ3v) is 5.90. The number of rotatable bonds is 8. The van der Waals surface area contributed by atoms with Gasteiger partial charge in [-0.15, -0.1) is 4.68 Å². The lowest BCUT2D eigenvalue weighted by Gasteiger charge is -2.29. The number of carbonyl (C=O) groups is 2. The van der Waals surface area contributed by atoms with E-state index in [0.717, 1.165) is 26.2 Å². The molecule has 0 saturated carbocycles. The summed E-state index contributed by atoms with van der Waals surface area (Å²) in [5, 5.41) is 23.0. The molecule has 2 aromatic rings. The van der Waals surface area contributed by atoms with E-state index in [9.17, 15) is 14.8 Å². The van der Waals surface area contributed by atoms with Gasteiger partial charge in [0.05, 0.1) is 6.54 Å². The van der Waals surface area contributed by atoms with Crippen molar-refractivity contribution in [3.8, 4) is 0 Å². The number of hydrogen-bond donors (Lipinski definition) is 2. The molecule has 0 atom stereocenters. The number of fused-ring (bicyclic) bond motifs is 2. The average Bonchev–Trinajstić information content (AvgIpc) is 3.09. The van der Waals surface area contributed by atoms with Crippen molar-refractivity contribution in [1.82, 2.24) is 25.3 Å². The Labute approximate surface area is 175 Å². The molecule has 1 fully saturated rings. The van der Waals surface area contributed by atoms with E-state index in [4.69, 9.17) is 0 Å². The highest BCUT2D eigenvalue weighted by Gasteiger charge is 2.38. The fourth-order valence-corrected chi connectivity index (χ4v) is 4.16. The summed E-state index contributed by atoms with van der Waals surface area (Å²) in [7, 11) is 2.16. The van der Waals surface area contributed by atoms with E-state index >= 15 is 0 Å². The number of likely N-dealkylation sites (tertiary alicyclic amines) is 1. The molecule has 1 aliphatic carbocycles. The van der Waals surface area contributed by atoms with Crippen LogP contribution in [0.3, 0.4) is 0 Å². The molecule has 160 valence electrons. The lowest BCUT2D eigenvalue weighted by molar-refractivity contribution is -0.749. The predicted octanol–water partition coefficient (Wildman–Crippen LogP) is -0.0446. The summed E-state index contributed by atoms with van der Waals surface area (Å²) in [6.07, 6.45) is 3.02. The quantitative estimate of drug-likeness (QED) is 0.304. The largest absolute Gasteiger partial charge is 0.571 e. The molecule has 1 aromatic heterocycles. The standard InChI is InChI=1S/C21H28N6O3/c1-25-13-7-15(8-14-25)23-11-10-22-9-4-12-26-19-18(24-27(26)30)20(28)16-5-2-3-6-17(16)21(19)29/h2-3,5-6,15,22-23H,4,7-14H2,1H3. The Bertz CT molecular complexity index is 933. The molecule has 9 nitrogen and oxygen atoms in total. The van der Waals surface area contributed by atoms with Crippen LogP contribution in [0.1, 0.15) is 51.4 Å². The Morgan fingerprint density at radius 1 is 1.10 bits per heavy atom. The minimum absolute atomic E-state index is 0.0519. The fourth-order valence-electron chi connectivity index (χ4n) is 4.16. The van der Waals surface area contributed by atoms with Gasteiger partial charge in [0.15, 0.2) is 5.69 Å². The molecule has 2 N–H and O–H groups in total. The number of piperidine rings is 1. The predicted molar refractivity (Wildman–Crippen MR) is 111 cm³/mol. The molecule has 1 saturated heterocycles. The summed E-state index contributed by atoms with van der Waals surface area (Å²) >= 11 is 0. The average molecular weight is 412 g/mol. The van der Waals surface area contributed by atoms with Gasteiger partial charge in [0, 0.05) is 40.3 Å². The molecule has 0 unspecified atom stereocenters. The molecule has 4 rings (SSSR count). The molecule has 2 heterocycles. The van der Waals surface area contributed by atoms with E-state index < -0.39 is 0 Å². The van der Waals surface area contributed by atoms with Crippen molar-refractivity contribution in [3.63, 3.8) is 0 Å². The minimum atomic E-state index is -0.373. The van der Waals surface area contributed by atoms with Gasteiger partial charge in [-0.1, -0.05) is 24.3 Å². The molecule has 0 spiro atoms. The Balaban J connectivity index is 1.27. The summed E-state index contributed by atoms with van der Waals surface area (Å²) in [6.45, 7) is 5.06. The zero-order valence-corrected chi connectivity index (χ0v) is 17.3. The summed E-state index contributed by atoms with van der Waals surface area (Å²) < 4.78 is 1.27. The van der Waals surface area contributed by atoms with Crippen molar-refractivity contribution in [2.75, 3.05) is 39.8 Å². The van der Waals surface area contributed by atoms with Gasteiger partial charge in [0.1, 0.15) is 0 Å². The van der Waals surface area contributed by atoms with Gasteiger partial charge in [-0.3, -0.25) is 9.59 Å². The fraction of sp³-hybridized carbons (Fsp3) is 0.524. The number of benzene rings is 1. The van der Waals surface area contributed by atoms with Gasteiger partial charge < -0.3 is 20.7 Å². The molecule has 0 amide bonds. The molecular formula is C21H28N6O3. The van der Waals surface area contributed by atoms with Gasteiger partial charge in [-0.25, -0.2) is 0 Å². The zero-order chi connectivity index (χ0) is 21.1. The Kier molecular flexibility index (Phi) is 6.21. The van der Waals surface area contributed by atoms with Crippen LogP contribution in [0.2, 0.25) is 0 Å². The molecule has 0 bridgehead atoms. The van der Waals surface area contributed by atoms with E-state index in [1.54, 1.807) is 24.3 Å². The van der Waals surface area contributed by atoms with Crippen LogP contribution in [0.15, 0.2) is 24.3 Å². The van der Waals surface area contributed by atoms with Crippen LogP contribution in [0.4, 0.5) is 0 Å². The van der Waals surface area contributed by atoms with Crippen molar-refractivity contribution in [3.05, 3.63) is 52.0 Å². The lowest BCUT2D eigenvalue weighted by atomic mass is 9.90. The van der Waals surface area contributed by atoms with Crippen molar-refractivity contribution in [1.29, 1.82) is 0 Å². The summed E-state index contributed by atoms with van der Waals surface area (Å²) in [4.78, 5) is 28.2. The minimum Gasteiger partial charge on any atom is -0.571 e. The first kappa shape index (κ1) is 20.6. The van der Waals surface area contributed by atoms with Crippen LogP contribution in [0.5, 0.6) is 0 Å². The molecule has 1 aliphatic heterocycles. The van der Waals surface area contributed by atoms with Gasteiger partial charge >= 0.3 is 0 Å². The van der Waals surface area contributed by atoms with Crippen molar-refractivity contribution in [2.45, 2.75) is 31.8 Å². The summed E-state index contributed by atoms with van der Waals surface area (Å²) in [6, 6.07) is 7.21. The van der Waals surface area contributed by atoms with Crippen LogP contribution in [0, 0.1) is 5.21 Å². The Morgan fingerprint density at radius 3 is 2.53 bits per heavy atom. The van der Waals surface area contributed by atoms with E-state index in [2.05, 4.69) is 27.7 Å². The SMILES string of the molecule is CN1CCC(NCCNCCCn2c3c(n[n+]2[O-])C(=O)c2ccccc2C3=O)CC1. The van der Waals surface area contributed by atoms with E-state index in [0.29, 0.717) is 41.6 Å². The Morgan fingerprint density at radius 2 is 1.80 bits per heavy atom. The third-order valence-electron chi connectivity index (χ3n) is 5.90. The third kappa shape index (κ3) is 4.14. The van der Waals surface area contributed by atoms with Crippen LogP contribution < -0.4 is 15.6 Å². The lowest BCUT2D eigenvalue weighted by Crippen LogP contribution is -2.43. The van der Waals surface area contributed by atoms with Crippen LogP contribution in [0.25, 0.3) is 0 Å². The van der Waals surface area contributed by atoms with Crippen molar-refractivity contribution in [2.24, 2.45) is 0 Å². The highest BCUT2D eigenvalue weighted by atomic mass is 16.5.